The monoisotopic (exact) mass is 672 g/mol. The lowest BCUT2D eigenvalue weighted by Crippen LogP contribution is -2.32. The normalized spacial score (nSPS) is 15.1. The Morgan fingerprint density at radius 2 is 1.54 bits per heavy atom. The minimum absolute atomic E-state index is 0. The summed E-state index contributed by atoms with van der Waals surface area (Å²) in [4.78, 5) is 23.2. The Hall–Kier alpha value is -4.17. The van der Waals surface area contributed by atoms with Gasteiger partial charge in [-0.05, 0) is 78.8 Å². The van der Waals surface area contributed by atoms with E-state index in [0.717, 1.165) is 61.6 Å². The molecule has 7 heteroatoms. The maximum absolute atomic E-state index is 4.96. The van der Waals surface area contributed by atoms with Crippen molar-refractivity contribution < 1.29 is 0 Å². The summed E-state index contributed by atoms with van der Waals surface area (Å²) in [6, 6.07) is 39.2. The van der Waals surface area contributed by atoms with Crippen molar-refractivity contribution >= 4 is 28.0 Å². The lowest BCUT2D eigenvalue weighted by molar-refractivity contribution is 0.153. The van der Waals surface area contributed by atoms with Crippen LogP contribution in [0.2, 0.25) is 0 Å². The summed E-state index contributed by atoms with van der Waals surface area (Å²) in [5.74, 6) is 0.994. The summed E-state index contributed by atoms with van der Waals surface area (Å²) >= 11 is 0. The summed E-state index contributed by atoms with van der Waals surface area (Å²) in [6.07, 6.45) is 7.19. The second-order valence-corrected chi connectivity index (χ2v) is 12.2. The third-order valence-electron chi connectivity index (χ3n) is 9.08. The van der Waals surface area contributed by atoms with E-state index in [1.165, 1.54) is 34.4 Å². The molecule has 1 aliphatic rings. The molecule has 6 aromatic rings. The van der Waals surface area contributed by atoms with E-state index in [0.29, 0.717) is 0 Å². The highest BCUT2D eigenvalue weighted by Gasteiger charge is 2.28. The Balaban J connectivity index is 0.00000372. The molecule has 0 saturated heterocycles. The molecule has 0 aliphatic heterocycles. The molecule has 0 amide bonds. The zero-order chi connectivity index (χ0) is 30.4. The maximum atomic E-state index is 4.96. The van der Waals surface area contributed by atoms with Gasteiger partial charge in [-0.15, -0.1) is 17.0 Å². The third-order valence-corrected chi connectivity index (χ3v) is 9.08. The first kappa shape index (κ1) is 31.8. The van der Waals surface area contributed by atoms with Crippen molar-refractivity contribution in [1.29, 1.82) is 0 Å². The van der Waals surface area contributed by atoms with Crippen molar-refractivity contribution in [3.8, 4) is 0 Å². The van der Waals surface area contributed by atoms with Crippen molar-refractivity contribution in [3.05, 3.63) is 161 Å². The first-order chi connectivity index (χ1) is 22.2. The molecule has 6 nitrogen and oxygen atoms in total. The van der Waals surface area contributed by atoms with Crippen LogP contribution in [0, 0.1) is 0 Å². The lowest BCUT2D eigenvalue weighted by Gasteiger charge is -2.35. The summed E-state index contributed by atoms with van der Waals surface area (Å²) < 4.78 is 0. The van der Waals surface area contributed by atoms with Crippen LogP contribution in [-0.2, 0) is 32.6 Å². The van der Waals surface area contributed by atoms with Crippen molar-refractivity contribution in [2.45, 2.75) is 64.4 Å². The van der Waals surface area contributed by atoms with E-state index in [1.807, 2.05) is 24.5 Å². The number of aryl methyl sites for hydroxylation is 1. The van der Waals surface area contributed by atoms with Crippen LogP contribution >= 0.6 is 17.0 Å². The number of rotatable bonds is 11. The number of benzene rings is 3. The van der Waals surface area contributed by atoms with Crippen LogP contribution in [0.1, 0.15) is 71.3 Å². The minimum atomic E-state index is 0. The Morgan fingerprint density at radius 3 is 2.37 bits per heavy atom. The van der Waals surface area contributed by atoms with Crippen LogP contribution in [0.5, 0.6) is 0 Å². The highest BCUT2D eigenvalue weighted by Crippen LogP contribution is 2.35. The van der Waals surface area contributed by atoms with Crippen LogP contribution in [0.15, 0.2) is 122 Å². The molecule has 234 valence electrons. The van der Waals surface area contributed by atoms with Gasteiger partial charge in [0.2, 0.25) is 0 Å². The summed E-state index contributed by atoms with van der Waals surface area (Å²) in [7, 11) is 0. The Labute approximate surface area is 282 Å². The van der Waals surface area contributed by atoms with Gasteiger partial charge in [0.15, 0.2) is 0 Å². The van der Waals surface area contributed by atoms with E-state index in [1.54, 1.807) is 0 Å². The van der Waals surface area contributed by atoms with Crippen LogP contribution in [0.25, 0.3) is 11.0 Å². The van der Waals surface area contributed by atoms with Crippen molar-refractivity contribution in [2.24, 2.45) is 0 Å². The van der Waals surface area contributed by atoms with E-state index in [9.17, 15) is 0 Å². The molecule has 3 heterocycles. The number of halogens is 1. The number of imidazole rings is 1. The van der Waals surface area contributed by atoms with Gasteiger partial charge in [0, 0.05) is 38.1 Å². The largest absolute Gasteiger partial charge is 0.341 e. The molecule has 1 N–H and O–H groups in total. The molecule has 2 atom stereocenters. The number of aromatic nitrogens is 4. The van der Waals surface area contributed by atoms with Crippen molar-refractivity contribution in [3.63, 3.8) is 0 Å². The Bertz CT molecular complexity index is 1810. The fraction of sp³-hybridized carbons (Fsp3) is 0.256. The van der Waals surface area contributed by atoms with Gasteiger partial charge in [-0.2, -0.15) is 0 Å². The minimum Gasteiger partial charge on any atom is -0.341 e. The first-order valence-electron chi connectivity index (χ1n) is 16.1. The molecule has 3 aromatic heterocycles. The predicted octanol–water partition coefficient (Wildman–Crippen LogP) is 8.77. The molecule has 0 radical (unpaired) electrons. The number of fused-ring (bicyclic) bond motifs is 2. The lowest BCUT2D eigenvalue weighted by atomic mass is 9.90. The molecule has 0 bridgehead atoms. The van der Waals surface area contributed by atoms with Gasteiger partial charge in [0.05, 0.1) is 35.0 Å². The van der Waals surface area contributed by atoms with Crippen LogP contribution in [-0.4, -0.2) is 29.7 Å². The van der Waals surface area contributed by atoms with Gasteiger partial charge < -0.3 is 4.98 Å². The zero-order valence-corrected chi connectivity index (χ0v) is 28.0. The third kappa shape index (κ3) is 7.44. The number of hydrogen-bond donors (Lipinski definition) is 1. The van der Waals surface area contributed by atoms with Gasteiger partial charge in [-0.25, -0.2) is 4.98 Å². The molecule has 46 heavy (non-hydrogen) atoms. The fourth-order valence-electron chi connectivity index (χ4n) is 6.76. The maximum Gasteiger partial charge on any atom is 0.121 e. The predicted molar refractivity (Wildman–Crippen MR) is 190 cm³/mol. The molecular formula is C39H41BrN6. The number of para-hydroxylation sites is 2. The number of H-pyrrole nitrogens is 1. The van der Waals surface area contributed by atoms with E-state index < -0.39 is 0 Å². The number of pyridine rings is 2. The highest BCUT2D eigenvalue weighted by molar-refractivity contribution is 8.93. The molecule has 1 aliphatic carbocycles. The topological polar surface area (TPSA) is 60.9 Å². The van der Waals surface area contributed by atoms with Crippen molar-refractivity contribution in [1.82, 2.24) is 29.7 Å². The van der Waals surface area contributed by atoms with E-state index in [4.69, 9.17) is 9.97 Å². The van der Waals surface area contributed by atoms with E-state index in [-0.39, 0.29) is 29.1 Å². The molecular weight excluding hydrogens is 632 g/mol. The second kappa shape index (κ2) is 14.9. The summed E-state index contributed by atoms with van der Waals surface area (Å²) in [5, 5.41) is 0. The average molecular weight is 674 g/mol. The number of nitrogens with zero attached hydrogens (tertiary/aromatic N) is 5. The molecule has 0 fully saturated rings. The number of aromatic amines is 1. The van der Waals surface area contributed by atoms with E-state index >= 15 is 0 Å². The van der Waals surface area contributed by atoms with Gasteiger partial charge in [0.1, 0.15) is 5.82 Å². The fourth-order valence-corrected chi connectivity index (χ4v) is 6.76. The molecule has 2 unspecified atom stereocenters. The van der Waals surface area contributed by atoms with Gasteiger partial charge >= 0.3 is 0 Å². The molecule has 0 spiro atoms. The van der Waals surface area contributed by atoms with E-state index in [2.05, 4.69) is 124 Å². The smallest absolute Gasteiger partial charge is 0.121 e. The highest BCUT2D eigenvalue weighted by atomic mass is 79.9. The van der Waals surface area contributed by atoms with Crippen LogP contribution < -0.4 is 0 Å². The Morgan fingerprint density at radius 1 is 0.761 bits per heavy atom. The van der Waals surface area contributed by atoms with Crippen molar-refractivity contribution in [2.75, 3.05) is 0 Å². The first-order valence-corrected chi connectivity index (χ1v) is 16.1. The van der Waals surface area contributed by atoms with Crippen LogP contribution in [0.4, 0.5) is 0 Å². The van der Waals surface area contributed by atoms with Gasteiger partial charge in [-0.1, -0.05) is 78.9 Å². The summed E-state index contributed by atoms with van der Waals surface area (Å²) in [6.45, 7) is 5.46. The average Bonchev–Trinajstić information content (AvgIpc) is 3.51. The Kier molecular flexibility index (Phi) is 10.3. The van der Waals surface area contributed by atoms with Gasteiger partial charge in [0.25, 0.3) is 0 Å². The zero-order valence-electron chi connectivity index (χ0n) is 26.3. The number of hydrogen-bond acceptors (Lipinski definition) is 5. The van der Waals surface area contributed by atoms with Gasteiger partial charge in [-0.3, -0.25) is 19.8 Å². The molecule has 3 aromatic carbocycles. The summed E-state index contributed by atoms with van der Waals surface area (Å²) in [5.41, 5.74) is 9.68. The SMILES string of the molecule is Br.CC(c1ccccc1)N(Cc1cccc(CN(Cc2nc3ccccc3[nH]2)C2CCCc3cccnc32)c1)Cc1ccccn1. The molecule has 7 rings (SSSR count). The quantitative estimate of drug-likeness (QED) is 0.149. The standard InChI is InChI=1S/C39H40N6.BrH/c1-29(32-14-3-2-4-15-32)44(27-34-18-7-8-22-40-34)25-30-12-9-13-31(24-30)26-45(28-38-42-35-19-5-6-20-36(35)43-38)37-21-10-16-33-17-11-23-41-39(33)37;/h2-9,11-15,17-20,22-24,29,37H,10,16,21,25-28H2,1H3,(H,42,43);1H. The second-order valence-electron chi connectivity index (χ2n) is 12.2. The number of nitrogens with one attached hydrogen (secondary N) is 1. The van der Waals surface area contributed by atoms with Crippen LogP contribution in [0.3, 0.4) is 0 Å². The molecule has 0 saturated carbocycles.